The van der Waals surface area contributed by atoms with E-state index in [4.69, 9.17) is 43.7 Å². The minimum atomic E-state index is -0.338. The highest BCUT2D eigenvalue weighted by atomic mass is 35.5. The van der Waals surface area contributed by atoms with Gasteiger partial charge in [-0.3, -0.25) is 0 Å². The highest BCUT2D eigenvalue weighted by Gasteiger charge is 2.11. The van der Waals surface area contributed by atoms with E-state index in [-0.39, 0.29) is 11.3 Å². The van der Waals surface area contributed by atoms with E-state index in [0.717, 1.165) is 0 Å². The van der Waals surface area contributed by atoms with Crippen molar-refractivity contribution in [2.45, 2.75) is 0 Å². The van der Waals surface area contributed by atoms with Crippen LogP contribution in [-0.2, 0) is 0 Å². The number of nitrogens with zero attached hydrogens (tertiary/aromatic N) is 3. The maximum atomic E-state index is 9.14. The van der Waals surface area contributed by atoms with E-state index >= 15 is 0 Å². The van der Waals surface area contributed by atoms with Crippen LogP contribution in [0.15, 0.2) is 53.7 Å². The number of anilines is 1. The van der Waals surface area contributed by atoms with Gasteiger partial charge in [0.2, 0.25) is 0 Å². The van der Waals surface area contributed by atoms with Gasteiger partial charge in [0, 0.05) is 10.0 Å². The molecule has 0 aliphatic rings. The number of hydrogen-bond acceptors (Lipinski definition) is 5. The molecule has 0 fully saturated rings. The summed E-state index contributed by atoms with van der Waals surface area (Å²) in [6.07, 6.45) is 0. The summed E-state index contributed by atoms with van der Waals surface area (Å²) in [5.74, 6) is 0.887. The molecule has 7 heteroatoms. The molecule has 0 unspecified atom stereocenters. The van der Waals surface area contributed by atoms with Crippen LogP contribution in [0.25, 0.3) is 0 Å². The Balaban J connectivity index is 2.40. The van der Waals surface area contributed by atoms with Gasteiger partial charge in [-0.25, -0.2) is 0 Å². The molecule has 24 heavy (non-hydrogen) atoms. The maximum absolute atomic E-state index is 9.14. The number of ether oxygens (including phenoxy) is 1. The Kier molecular flexibility index (Phi) is 5.66. The highest BCUT2D eigenvalue weighted by Crippen LogP contribution is 2.33. The first-order valence-corrected chi connectivity index (χ1v) is 7.27. The second-order valence-corrected chi connectivity index (χ2v) is 5.28. The standard InChI is InChI=1S/C17H8Cl2N4O/c18-12-1-4-14(5-2-12)24-17-6-3-13(19)7-15(17)23-16(10-22)11(8-20)9-21/h1-7,23H. The summed E-state index contributed by atoms with van der Waals surface area (Å²) in [7, 11) is 0. The largest absolute Gasteiger partial charge is 0.455 e. The molecule has 0 saturated carbocycles. The lowest BCUT2D eigenvalue weighted by Gasteiger charge is -2.13. The molecule has 0 aromatic heterocycles. The smallest absolute Gasteiger partial charge is 0.163 e. The first-order valence-electron chi connectivity index (χ1n) is 6.52. The Labute approximate surface area is 148 Å². The monoisotopic (exact) mass is 354 g/mol. The third-order valence-corrected chi connectivity index (χ3v) is 3.32. The predicted molar refractivity (Wildman–Crippen MR) is 90.5 cm³/mol. The molecule has 0 bridgehead atoms. The summed E-state index contributed by atoms with van der Waals surface area (Å²) in [5, 5.41) is 30.6. The normalized spacial score (nSPS) is 9.12. The molecule has 0 aliphatic carbocycles. The average molecular weight is 355 g/mol. The van der Waals surface area contributed by atoms with Crippen molar-refractivity contribution >= 4 is 28.9 Å². The van der Waals surface area contributed by atoms with Crippen molar-refractivity contribution in [3.63, 3.8) is 0 Å². The summed E-state index contributed by atoms with van der Waals surface area (Å²) in [4.78, 5) is 0. The quantitative estimate of drug-likeness (QED) is 0.777. The first kappa shape index (κ1) is 17.2. The molecule has 1 N–H and O–H groups in total. The van der Waals surface area contributed by atoms with Crippen molar-refractivity contribution in [2.24, 2.45) is 0 Å². The lowest BCUT2D eigenvalue weighted by atomic mass is 10.2. The number of allylic oxidation sites excluding steroid dienone is 2. The van der Waals surface area contributed by atoms with Crippen LogP contribution in [0.1, 0.15) is 0 Å². The molecule has 0 aliphatic heterocycles. The van der Waals surface area contributed by atoms with E-state index in [2.05, 4.69) is 5.32 Å². The molecule has 0 radical (unpaired) electrons. The maximum Gasteiger partial charge on any atom is 0.163 e. The lowest BCUT2D eigenvalue weighted by Crippen LogP contribution is -2.02. The minimum absolute atomic E-state index is 0.191. The Morgan fingerprint density at radius 1 is 0.875 bits per heavy atom. The van der Waals surface area contributed by atoms with E-state index < -0.39 is 0 Å². The first-order chi connectivity index (χ1) is 11.6. The number of hydrogen-bond donors (Lipinski definition) is 1. The molecule has 0 saturated heterocycles. The van der Waals surface area contributed by atoms with Crippen LogP contribution in [0, 0.1) is 34.0 Å². The predicted octanol–water partition coefficient (Wildman–Crippen LogP) is 5.02. The fourth-order valence-corrected chi connectivity index (χ4v) is 2.03. The van der Waals surface area contributed by atoms with Gasteiger partial charge in [-0.2, -0.15) is 15.8 Å². The van der Waals surface area contributed by atoms with Crippen LogP contribution < -0.4 is 10.1 Å². The third-order valence-electron chi connectivity index (χ3n) is 2.83. The Morgan fingerprint density at radius 2 is 1.50 bits per heavy atom. The molecule has 0 amide bonds. The molecule has 0 spiro atoms. The molecule has 5 nitrogen and oxygen atoms in total. The Morgan fingerprint density at radius 3 is 2.08 bits per heavy atom. The zero-order valence-corrected chi connectivity index (χ0v) is 13.6. The van der Waals surface area contributed by atoms with Gasteiger partial charge in [0.1, 0.15) is 29.7 Å². The molecule has 0 heterocycles. The zero-order chi connectivity index (χ0) is 17.5. The van der Waals surface area contributed by atoms with E-state index in [9.17, 15) is 0 Å². The number of rotatable bonds is 4. The Hall–Kier alpha value is -3.17. The van der Waals surface area contributed by atoms with Crippen molar-refractivity contribution in [3.8, 4) is 29.7 Å². The van der Waals surface area contributed by atoms with Gasteiger partial charge in [-0.15, -0.1) is 0 Å². The van der Waals surface area contributed by atoms with Gasteiger partial charge >= 0.3 is 0 Å². The summed E-state index contributed by atoms with van der Waals surface area (Å²) in [6, 6.07) is 16.5. The van der Waals surface area contributed by atoms with Gasteiger partial charge in [0.25, 0.3) is 0 Å². The van der Waals surface area contributed by atoms with Crippen molar-refractivity contribution in [1.82, 2.24) is 0 Å². The number of nitrogens with one attached hydrogen (secondary N) is 1. The van der Waals surface area contributed by atoms with Gasteiger partial charge in [-0.1, -0.05) is 23.2 Å². The van der Waals surface area contributed by atoms with E-state index in [1.807, 2.05) is 0 Å². The Bertz CT molecular complexity index is 900. The van der Waals surface area contributed by atoms with Gasteiger partial charge in [0.05, 0.1) is 5.69 Å². The zero-order valence-electron chi connectivity index (χ0n) is 12.0. The highest BCUT2D eigenvalue weighted by molar-refractivity contribution is 6.31. The fraction of sp³-hybridized carbons (Fsp3) is 0. The second kappa shape index (κ2) is 7.90. The van der Waals surface area contributed by atoms with Crippen molar-refractivity contribution in [2.75, 3.05) is 5.32 Å². The molecule has 2 rings (SSSR count). The summed E-state index contributed by atoms with van der Waals surface area (Å²) >= 11 is 11.8. The molecular formula is C17H8Cl2N4O. The van der Waals surface area contributed by atoms with Crippen molar-refractivity contribution in [3.05, 3.63) is 63.8 Å². The van der Waals surface area contributed by atoms with Crippen LogP contribution in [0.2, 0.25) is 10.0 Å². The molecular weight excluding hydrogens is 347 g/mol. The molecule has 2 aromatic rings. The van der Waals surface area contributed by atoms with Crippen LogP contribution >= 0.6 is 23.2 Å². The molecule has 0 atom stereocenters. The SMILES string of the molecule is N#CC(C#N)=C(C#N)Nc1cc(Cl)ccc1Oc1ccc(Cl)cc1. The topological polar surface area (TPSA) is 92.6 Å². The molecule has 116 valence electrons. The van der Waals surface area contributed by atoms with Crippen LogP contribution in [0.5, 0.6) is 11.5 Å². The lowest BCUT2D eigenvalue weighted by molar-refractivity contribution is 0.485. The third kappa shape index (κ3) is 4.18. The summed E-state index contributed by atoms with van der Waals surface area (Å²) in [6.45, 7) is 0. The number of nitriles is 3. The van der Waals surface area contributed by atoms with Crippen LogP contribution in [0.3, 0.4) is 0 Å². The van der Waals surface area contributed by atoms with E-state index in [0.29, 0.717) is 27.2 Å². The van der Waals surface area contributed by atoms with Crippen LogP contribution in [-0.4, -0.2) is 0 Å². The molecule has 2 aromatic carbocycles. The van der Waals surface area contributed by atoms with Crippen molar-refractivity contribution in [1.29, 1.82) is 15.8 Å². The van der Waals surface area contributed by atoms with E-state index in [1.165, 1.54) is 6.07 Å². The fourth-order valence-electron chi connectivity index (χ4n) is 1.74. The van der Waals surface area contributed by atoms with Gasteiger partial charge in [-0.05, 0) is 42.5 Å². The average Bonchev–Trinajstić information content (AvgIpc) is 2.59. The number of halogens is 2. The minimum Gasteiger partial charge on any atom is -0.455 e. The number of benzene rings is 2. The van der Waals surface area contributed by atoms with Gasteiger partial charge in [0.15, 0.2) is 11.3 Å². The summed E-state index contributed by atoms with van der Waals surface area (Å²) < 4.78 is 5.73. The van der Waals surface area contributed by atoms with Crippen LogP contribution in [0.4, 0.5) is 5.69 Å². The van der Waals surface area contributed by atoms with Gasteiger partial charge < -0.3 is 10.1 Å². The summed E-state index contributed by atoms with van der Waals surface area (Å²) in [5.41, 5.74) is -0.185. The van der Waals surface area contributed by atoms with Crippen molar-refractivity contribution < 1.29 is 4.74 Å². The van der Waals surface area contributed by atoms with E-state index in [1.54, 1.807) is 54.6 Å². The second-order valence-electron chi connectivity index (χ2n) is 4.41.